The Morgan fingerprint density at radius 1 is 1.56 bits per heavy atom. The number of nitrogens with one attached hydrogen (secondary N) is 1. The summed E-state index contributed by atoms with van der Waals surface area (Å²) in [7, 11) is 1.74. The van der Waals surface area contributed by atoms with Crippen LogP contribution in [0.3, 0.4) is 0 Å². The molecule has 0 aromatic rings. The summed E-state index contributed by atoms with van der Waals surface area (Å²) < 4.78 is 10.9. The van der Waals surface area contributed by atoms with Crippen LogP contribution in [0, 0.1) is 0 Å². The van der Waals surface area contributed by atoms with Crippen LogP contribution >= 0.6 is 0 Å². The molecule has 1 aliphatic heterocycles. The fraction of sp³-hybridized carbons (Fsp3) is 1.00. The van der Waals surface area contributed by atoms with Crippen LogP contribution in [0.5, 0.6) is 0 Å². The van der Waals surface area contributed by atoms with Crippen LogP contribution < -0.4 is 11.1 Å². The van der Waals surface area contributed by atoms with Crippen molar-refractivity contribution in [1.29, 1.82) is 0 Å². The summed E-state index contributed by atoms with van der Waals surface area (Å²) in [6.07, 6.45) is 4.84. The minimum Gasteiger partial charge on any atom is -0.383 e. The van der Waals surface area contributed by atoms with Gasteiger partial charge >= 0.3 is 0 Å². The monoisotopic (exact) mass is 230 g/mol. The number of hydrogen-bond acceptors (Lipinski definition) is 4. The van der Waals surface area contributed by atoms with Crippen molar-refractivity contribution in [3.63, 3.8) is 0 Å². The predicted molar refractivity (Wildman–Crippen MR) is 65.5 cm³/mol. The van der Waals surface area contributed by atoms with Gasteiger partial charge in [0.25, 0.3) is 0 Å². The molecule has 1 fully saturated rings. The second-order valence-corrected chi connectivity index (χ2v) is 4.59. The van der Waals surface area contributed by atoms with E-state index < -0.39 is 0 Å². The van der Waals surface area contributed by atoms with E-state index in [0.29, 0.717) is 18.2 Å². The molecule has 1 aliphatic rings. The van der Waals surface area contributed by atoms with Crippen molar-refractivity contribution < 1.29 is 9.47 Å². The van der Waals surface area contributed by atoms with Crippen LogP contribution in [0.2, 0.25) is 0 Å². The van der Waals surface area contributed by atoms with Crippen LogP contribution in [0.15, 0.2) is 0 Å². The normalized spacial score (nSPS) is 24.6. The van der Waals surface area contributed by atoms with Gasteiger partial charge in [0.2, 0.25) is 0 Å². The van der Waals surface area contributed by atoms with E-state index in [1.807, 2.05) is 0 Å². The van der Waals surface area contributed by atoms with E-state index in [1.54, 1.807) is 7.11 Å². The molecule has 4 heteroatoms. The fourth-order valence-corrected chi connectivity index (χ4v) is 2.26. The Morgan fingerprint density at radius 2 is 2.38 bits per heavy atom. The van der Waals surface area contributed by atoms with E-state index >= 15 is 0 Å². The summed E-state index contributed by atoms with van der Waals surface area (Å²) in [6.45, 7) is 4.60. The number of ether oxygens (including phenoxy) is 2. The zero-order valence-corrected chi connectivity index (χ0v) is 10.6. The second-order valence-electron chi connectivity index (χ2n) is 4.59. The molecule has 0 aliphatic carbocycles. The Hall–Kier alpha value is -0.160. The summed E-state index contributed by atoms with van der Waals surface area (Å²) in [6, 6.07) is 0.799. The molecule has 0 radical (unpaired) electrons. The van der Waals surface area contributed by atoms with Gasteiger partial charge in [-0.15, -0.1) is 0 Å². The summed E-state index contributed by atoms with van der Waals surface area (Å²) in [5, 5.41) is 3.59. The van der Waals surface area contributed by atoms with Gasteiger partial charge in [0.05, 0.1) is 12.7 Å². The highest BCUT2D eigenvalue weighted by molar-refractivity contribution is 4.80. The molecule has 0 bridgehead atoms. The average molecular weight is 230 g/mol. The molecular formula is C12H26N2O2. The molecule has 3 atom stereocenters. The van der Waals surface area contributed by atoms with Crippen LogP contribution in [0.25, 0.3) is 0 Å². The lowest BCUT2D eigenvalue weighted by molar-refractivity contribution is 0.0707. The highest BCUT2D eigenvalue weighted by Crippen LogP contribution is 2.16. The lowest BCUT2D eigenvalue weighted by Crippen LogP contribution is -2.45. The van der Waals surface area contributed by atoms with E-state index in [-0.39, 0.29) is 0 Å². The lowest BCUT2D eigenvalue weighted by Gasteiger charge is -2.26. The average Bonchev–Trinajstić information content (AvgIpc) is 2.79. The van der Waals surface area contributed by atoms with Crippen LogP contribution in [-0.2, 0) is 9.47 Å². The third kappa shape index (κ3) is 4.78. The van der Waals surface area contributed by atoms with Gasteiger partial charge in [0.1, 0.15) is 0 Å². The maximum atomic E-state index is 5.67. The van der Waals surface area contributed by atoms with Gasteiger partial charge in [-0.3, -0.25) is 0 Å². The van der Waals surface area contributed by atoms with Crippen LogP contribution in [0.4, 0.5) is 0 Å². The first kappa shape index (κ1) is 13.9. The topological polar surface area (TPSA) is 56.5 Å². The van der Waals surface area contributed by atoms with Crippen molar-refractivity contribution >= 4 is 0 Å². The standard InChI is InChI=1S/C12H26N2O2/c1-10(12-6-4-8-16-12)14-11(9-15-2)5-3-7-13/h10-12,14H,3-9,13H2,1-2H3. The molecule has 3 N–H and O–H groups in total. The number of hydrogen-bond donors (Lipinski definition) is 2. The van der Waals surface area contributed by atoms with E-state index in [4.69, 9.17) is 15.2 Å². The number of methoxy groups -OCH3 is 1. The zero-order chi connectivity index (χ0) is 11.8. The molecule has 0 spiro atoms. The first-order valence-electron chi connectivity index (χ1n) is 6.34. The van der Waals surface area contributed by atoms with Crippen molar-refractivity contribution in [2.75, 3.05) is 26.9 Å². The first-order chi connectivity index (χ1) is 7.77. The lowest BCUT2D eigenvalue weighted by atomic mass is 10.1. The van der Waals surface area contributed by atoms with Crippen molar-refractivity contribution in [3.05, 3.63) is 0 Å². The summed E-state index contributed by atoms with van der Waals surface area (Å²) in [4.78, 5) is 0. The van der Waals surface area contributed by atoms with Gasteiger partial charge in [0.15, 0.2) is 0 Å². The minimum absolute atomic E-state index is 0.372. The summed E-state index contributed by atoms with van der Waals surface area (Å²) in [5.41, 5.74) is 5.53. The highest BCUT2D eigenvalue weighted by Gasteiger charge is 2.24. The molecule has 0 aromatic carbocycles. The molecule has 1 saturated heterocycles. The molecule has 4 nitrogen and oxygen atoms in total. The van der Waals surface area contributed by atoms with E-state index in [2.05, 4.69) is 12.2 Å². The van der Waals surface area contributed by atoms with Crippen molar-refractivity contribution in [1.82, 2.24) is 5.32 Å². The predicted octanol–water partition coefficient (Wildman–Crippen LogP) is 0.897. The van der Waals surface area contributed by atoms with Gasteiger partial charge in [-0.1, -0.05) is 0 Å². The van der Waals surface area contributed by atoms with E-state index in [0.717, 1.165) is 32.6 Å². The maximum absolute atomic E-state index is 5.67. The van der Waals surface area contributed by atoms with E-state index in [1.165, 1.54) is 12.8 Å². The molecule has 1 rings (SSSR count). The number of nitrogens with two attached hydrogens (primary N) is 1. The molecule has 1 heterocycles. The number of rotatable bonds is 8. The quantitative estimate of drug-likeness (QED) is 0.650. The molecule has 16 heavy (non-hydrogen) atoms. The molecule has 0 amide bonds. The zero-order valence-electron chi connectivity index (χ0n) is 10.6. The van der Waals surface area contributed by atoms with Crippen molar-refractivity contribution in [3.8, 4) is 0 Å². The van der Waals surface area contributed by atoms with Gasteiger partial charge < -0.3 is 20.5 Å². The molecule has 96 valence electrons. The maximum Gasteiger partial charge on any atom is 0.0726 e. The third-order valence-corrected chi connectivity index (χ3v) is 3.15. The fourth-order valence-electron chi connectivity index (χ4n) is 2.26. The minimum atomic E-state index is 0.372. The summed E-state index contributed by atoms with van der Waals surface area (Å²) >= 11 is 0. The van der Waals surface area contributed by atoms with Gasteiger partial charge in [-0.05, 0) is 39.2 Å². The van der Waals surface area contributed by atoms with Crippen LogP contribution in [0.1, 0.15) is 32.6 Å². The molecule has 3 unspecified atom stereocenters. The van der Waals surface area contributed by atoms with Crippen molar-refractivity contribution in [2.45, 2.75) is 50.8 Å². The van der Waals surface area contributed by atoms with Gasteiger partial charge in [-0.25, -0.2) is 0 Å². The Balaban J connectivity index is 2.27. The smallest absolute Gasteiger partial charge is 0.0726 e. The Labute approximate surface area is 98.9 Å². The third-order valence-electron chi connectivity index (χ3n) is 3.15. The Bertz CT molecular complexity index is 172. The van der Waals surface area contributed by atoms with E-state index in [9.17, 15) is 0 Å². The Morgan fingerprint density at radius 3 is 2.94 bits per heavy atom. The molecular weight excluding hydrogens is 204 g/mol. The van der Waals surface area contributed by atoms with Crippen molar-refractivity contribution in [2.24, 2.45) is 5.73 Å². The summed E-state index contributed by atoms with van der Waals surface area (Å²) in [5.74, 6) is 0. The highest BCUT2D eigenvalue weighted by atomic mass is 16.5. The largest absolute Gasteiger partial charge is 0.383 e. The van der Waals surface area contributed by atoms with Crippen LogP contribution in [-0.4, -0.2) is 45.1 Å². The van der Waals surface area contributed by atoms with Gasteiger partial charge in [0, 0.05) is 25.8 Å². The molecule has 0 aromatic heterocycles. The van der Waals surface area contributed by atoms with Gasteiger partial charge in [-0.2, -0.15) is 0 Å². The SMILES string of the molecule is COCC(CCCN)NC(C)C1CCCO1. The second kappa shape index (κ2) is 8.01. The molecule has 0 saturated carbocycles. The first-order valence-corrected chi connectivity index (χ1v) is 6.34. The Kier molecular flexibility index (Phi) is 6.96.